The highest BCUT2D eigenvalue weighted by Gasteiger charge is 2.20. The molecule has 0 radical (unpaired) electrons. The maximum Gasteiger partial charge on any atom is 0.359 e. The number of carbonyl (C=O) groups excluding carboxylic acids is 3. The fourth-order valence-electron chi connectivity index (χ4n) is 2.22. The third kappa shape index (κ3) is 3.55. The Bertz CT molecular complexity index is 811. The number of rotatable bonds is 4. The maximum atomic E-state index is 12.3. The highest BCUT2D eigenvalue weighted by Crippen LogP contribution is 2.16. The second-order valence-corrected chi connectivity index (χ2v) is 5.20. The number of carbonyl (C=O) groups is 3. The minimum atomic E-state index is -0.614. The molecule has 0 aromatic heterocycles. The first-order valence-electron chi connectivity index (χ1n) is 7.41. The second-order valence-electron chi connectivity index (χ2n) is 5.20. The van der Waals surface area contributed by atoms with Gasteiger partial charge in [-0.25, -0.2) is 10.2 Å². The van der Waals surface area contributed by atoms with Crippen molar-refractivity contribution >= 4 is 23.4 Å². The number of nitrogens with zero attached hydrogens (tertiary/aromatic N) is 1. The third-order valence-corrected chi connectivity index (χ3v) is 3.50. The molecular weight excluding hydrogens is 308 g/mol. The van der Waals surface area contributed by atoms with Crippen LogP contribution in [-0.2, 0) is 9.59 Å². The molecule has 0 saturated heterocycles. The van der Waals surface area contributed by atoms with Gasteiger partial charge in [-0.05, 0) is 24.3 Å². The number of hydrogen-bond acceptors (Lipinski definition) is 5. The van der Waals surface area contributed by atoms with E-state index in [1.165, 1.54) is 0 Å². The van der Waals surface area contributed by atoms with Gasteiger partial charge in [0.05, 0.1) is 0 Å². The lowest BCUT2D eigenvalue weighted by Crippen LogP contribution is -2.31. The number of amides is 1. The standard InChI is InChI=1S/C18H14N2O4/c21-16-11-10-15(19-20-16)18(23)24-14-8-6-13(7-9-14)17(22)12-4-2-1-3-5-12/h1-9H,10-11H2,(H,20,21). The lowest BCUT2D eigenvalue weighted by atomic mass is 10.0. The zero-order valence-corrected chi connectivity index (χ0v) is 12.7. The number of hydrogen-bond donors (Lipinski definition) is 1. The first-order valence-corrected chi connectivity index (χ1v) is 7.41. The van der Waals surface area contributed by atoms with Crippen molar-refractivity contribution in [3.05, 3.63) is 65.7 Å². The van der Waals surface area contributed by atoms with Crippen molar-refractivity contribution < 1.29 is 19.1 Å². The van der Waals surface area contributed by atoms with E-state index < -0.39 is 5.97 Å². The third-order valence-electron chi connectivity index (χ3n) is 3.50. The van der Waals surface area contributed by atoms with Crippen molar-refractivity contribution in [1.82, 2.24) is 5.43 Å². The summed E-state index contributed by atoms with van der Waals surface area (Å²) >= 11 is 0. The first-order chi connectivity index (χ1) is 11.6. The van der Waals surface area contributed by atoms with E-state index in [-0.39, 0.29) is 30.2 Å². The lowest BCUT2D eigenvalue weighted by Gasteiger charge is -2.11. The molecule has 1 aliphatic heterocycles. The van der Waals surface area contributed by atoms with Crippen LogP contribution in [0.15, 0.2) is 59.7 Å². The van der Waals surface area contributed by atoms with E-state index >= 15 is 0 Å². The summed E-state index contributed by atoms with van der Waals surface area (Å²) in [6.45, 7) is 0. The summed E-state index contributed by atoms with van der Waals surface area (Å²) in [6.07, 6.45) is 0.452. The molecule has 0 aliphatic carbocycles. The number of hydrazone groups is 1. The first kappa shape index (κ1) is 15.6. The molecule has 2 aromatic rings. The molecule has 3 rings (SSSR count). The van der Waals surface area contributed by atoms with Crippen LogP contribution in [0.2, 0.25) is 0 Å². The second kappa shape index (κ2) is 6.87. The van der Waals surface area contributed by atoms with E-state index in [9.17, 15) is 14.4 Å². The average Bonchev–Trinajstić information content (AvgIpc) is 2.63. The zero-order valence-electron chi connectivity index (χ0n) is 12.7. The van der Waals surface area contributed by atoms with E-state index in [1.807, 2.05) is 6.07 Å². The minimum absolute atomic E-state index is 0.104. The van der Waals surface area contributed by atoms with Crippen LogP contribution in [0, 0.1) is 0 Å². The molecular formula is C18H14N2O4. The van der Waals surface area contributed by atoms with Gasteiger partial charge < -0.3 is 4.74 Å². The monoisotopic (exact) mass is 322 g/mol. The Labute approximate surface area is 138 Å². The SMILES string of the molecule is O=C1CCC(C(=O)Oc2ccc(C(=O)c3ccccc3)cc2)=NN1. The molecule has 2 aromatic carbocycles. The van der Waals surface area contributed by atoms with Gasteiger partial charge in [-0.15, -0.1) is 0 Å². The molecule has 0 bridgehead atoms. The zero-order chi connectivity index (χ0) is 16.9. The number of benzene rings is 2. The summed E-state index contributed by atoms with van der Waals surface area (Å²) in [5, 5.41) is 3.68. The van der Waals surface area contributed by atoms with Crippen LogP contribution < -0.4 is 10.2 Å². The van der Waals surface area contributed by atoms with Crippen LogP contribution in [0.1, 0.15) is 28.8 Å². The molecule has 0 saturated carbocycles. The largest absolute Gasteiger partial charge is 0.422 e. The predicted molar refractivity (Wildman–Crippen MR) is 86.8 cm³/mol. The number of ketones is 1. The normalized spacial score (nSPS) is 13.7. The Kier molecular flexibility index (Phi) is 4.47. The summed E-state index contributed by atoms with van der Waals surface area (Å²) in [7, 11) is 0. The fraction of sp³-hybridized carbons (Fsp3) is 0.111. The molecule has 6 heteroatoms. The molecule has 1 aliphatic rings. The van der Waals surface area contributed by atoms with Crippen molar-refractivity contribution in [3.63, 3.8) is 0 Å². The molecule has 120 valence electrons. The molecule has 1 N–H and O–H groups in total. The Morgan fingerprint density at radius 3 is 2.21 bits per heavy atom. The summed E-state index contributed by atoms with van der Waals surface area (Å²) < 4.78 is 5.20. The molecule has 1 amide bonds. The van der Waals surface area contributed by atoms with Crippen molar-refractivity contribution in [2.75, 3.05) is 0 Å². The summed E-state index contributed by atoms with van der Waals surface area (Å²) in [5.74, 6) is -0.635. The molecule has 6 nitrogen and oxygen atoms in total. The van der Waals surface area contributed by atoms with Gasteiger partial charge in [0, 0.05) is 24.0 Å². The fourth-order valence-corrected chi connectivity index (χ4v) is 2.22. The van der Waals surface area contributed by atoms with Crippen LogP contribution in [0.4, 0.5) is 0 Å². The van der Waals surface area contributed by atoms with Crippen LogP contribution >= 0.6 is 0 Å². The smallest absolute Gasteiger partial charge is 0.359 e. The minimum Gasteiger partial charge on any atom is -0.422 e. The Morgan fingerprint density at radius 1 is 0.917 bits per heavy atom. The number of nitrogens with one attached hydrogen (secondary N) is 1. The summed E-state index contributed by atoms with van der Waals surface area (Å²) in [6, 6.07) is 15.2. The van der Waals surface area contributed by atoms with Crippen LogP contribution in [0.5, 0.6) is 5.75 Å². The Hall–Kier alpha value is -3.28. The molecule has 24 heavy (non-hydrogen) atoms. The number of ether oxygens (including phenoxy) is 1. The van der Waals surface area contributed by atoms with Gasteiger partial charge >= 0.3 is 5.97 Å². The van der Waals surface area contributed by atoms with Gasteiger partial charge in [0.15, 0.2) is 5.78 Å². The number of esters is 1. The summed E-state index contributed by atoms with van der Waals surface area (Å²) in [4.78, 5) is 35.2. The maximum absolute atomic E-state index is 12.3. The molecule has 1 heterocycles. The predicted octanol–water partition coefficient (Wildman–Crippen LogP) is 2.09. The van der Waals surface area contributed by atoms with Crippen molar-refractivity contribution in [1.29, 1.82) is 0 Å². The molecule has 0 fully saturated rings. The highest BCUT2D eigenvalue weighted by molar-refractivity contribution is 6.37. The Balaban J connectivity index is 1.68. The van der Waals surface area contributed by atoms with E-state index in [1.54, 1.807) is 48.5 Å². The van der Waals surface area contributed by atoms with Crippen LogP contribution in [0.3, 0.4) is 0 Å². The van der Waals surface area contributed by atoms with E-state index in [4.69, 9.17) is 4.74 Å². The van der Waals surface area contributed by atoms with Gasteiger partial charge in [0.1, 0.15) is 11.5 Å². The quantitative estimate of drug-likeness (QED) is 0.530. The topological polar surface area (TPSA) is 84.8 Å². The Morgan fingerprint density at radius 2 is 1.58 bits per heavy atom. The van der Waals surface area contributed by atoms with E-state index in [0.717, 1.165) is 0 Å². The molecule has 0 spiro atoms. The van der Waals surface area contributed by atoms with Crippen LogP contribution in [0.25, 0.3) is 0 Å². The van der Waals surface area contributed by atoms with Crippen molar-refractivity contribution in [2.45, 2.75) is 12.8 Å². The van der Waals surface area contributed by atoms with E-state index in [0.29, 0.717) is 16.9 Å². The van der Waals surface area contributed by atoms with Gasteiger partial charge in [-0.3, -0.25) is 9.59 Å². The summed E-state index contributed by atoms with van der Waals surface area (Å²) in [5.41, 5.74) is 3.51. The van der Waals surface area contributed by atoms with Crippen molar-refractivity contribution in [2.24, 2.45) is 5.10 Å². The average molecular weight is 322 g/mol. The van der Waals surface area contributed by atoms with Crippen LogP contribution in [-0.4, -0.2) is 23.4 Å². The molecule has 0 unspecified atom stereocenters. The lowest BCUT2D eigenvalue weighted by molar-refractivity contribution is -0.127. The van der Waals surface area contributed by atoms with Gasteiger partial charge in [0.2, 0.25) is 5.91 Å². The van der Waals surface area contributed by atoms with Gasteiger partial charge in [-0.2, -0.15) is 5.10 Å². The van der Waals surface area contributed by atoms with Crippen molar-refractivity contribution in [3.8, 4) is 5.75 Å². The highest BCUT2D eigenvalue weighted by atomic mass is 16.5. The van der Waals surface area contributed by atoms with Gasteiger partial charge in [-0.1, -0.05) is 30.3 Å². The van der Waals surface area contributed by atoms with E-state index in [2.05, 4.69) is 10.5 Å². The van der Waals surface area contributed by atoms with Gasteiger partial charge in [0.25, 0.3) is 0 Å². The molecule has 0 atom stereocenters.